The number of rotatable bonds is 5. The molecule has 0 spiro atoms. The average molecular weight is 331 g/mol. The molecule has 0 aliphatic carbocycles. The molecule has 1 aromatic carbocycles. The number of nitrogens with one attached hydrogen (secondary N) is 1. The number of aliphatic hydroxyl groups excluding tert-OH is 1. The lowest BCUT2D eigenvalue weighted by atomic mass is 9.89. The van der Waals surface area contributed by atoms with Crippen molar-refractivity contribution < 1.29 is 14.7 Å². The standard InChI is InChI=1S/C18H21NO3S/c1-18(2,3)15(20)11-19-17(22)13-8-5-4-7-12(13)16(21)14-9-6-10-23-14/h4-10,15,20H,11H2,1-3H3,(H,19,22). The molecule has 1 unspecified atom stereocenters. The molecule has 1 aromatic heterocycles. The minimum atomic E-state index is -0.661. The fourth-order valence-electron chi connectivity index (χ4n) is 2.01. The second kappa shape index (κ2) is 7.06. The molecule has 1 heterocycles. The van der Waals surface area contributed by atoms with Gasteiger partial charge in [-0.1, -0.05) is 45.0 Å². The molecule has 0 aliphatic rings. The van der Waals surface area contributed by atoms with Crippen LogP contribution < -0.4 is 5.32 Å². The molecular formula is C18H21NO3S. The Labute approximate surface area is 140 Å². The Morgan fingerprint density at radius 2 is 1.78 bits per heavy atom. The maximum Gasteiger partial charge on any atom is 0.252 e. The fraction of sp³-hybridized carbons (Fsp3) is 0.333. The van der Waals surface area contributed by atoms with Gasteiger partial charge in [0.1, 0.15) is 0 Å². The van der Waals surface area contributed by atoms with Crippen LogP contribution in [-0.4, -0.2) is 29.4 Å². The molecule has 0 bridgehead atoms. The van der Waals surface area contributed by atoms with Crippen molar-refractivity contribution in [1.29, 1.82) is 0 Å². The van der Waals surface area contributed by atoms with Gasteiger partial charge in [0.2, 0.25) is 5.78 Å². The summed E-state index contributed by atoms with van der Waals surface area (Å²) in [6.07, 6.45) is -0.661. The molecule has 23 heavy (non-hydrogen) atoms. The zero-order valence-corrected chi connectivity index (χ0v) is 14.3. The maximum atomic E-state index is 12.5. The normalized spacial score (nSPS) is 12.7. The molecule has 122 valence electrons. The van der Waals surface area contributed by atoms with Crippen LogP contribution in [0.5, 0.6) is 0 Å². The molecule has 0 saturated heterocycles. The lowest BCUT2D eigenvalue weighted by Gasteiger charge is -2.26. The lowest BCUT2D eigenvalue weighted by Crippen LogP contribution is -2.39. The van der Waals surface area contributed by atoms with Gasteiger partial charge in [-0.15, -0.1) is 11.3 Å². The molecule has 2 rings (SSSR count). The van der Waals surface area contributed by atoms with Crippen molar-refractivity contribution in [2.24, 2.45) is 5.41 Å². The van der Waals surface area contributed by atoms with Crippen LogP contribution in [0.3, 0.4) is 0 Å². The highest BCUT2D eigenvalue weighted by atomic mass is 32.1. The number of amides is 1. The summed E-state index contributed by atoms with van der Waals surface area (Å²) < 4.78 is 0. The molecule has 1 amide bonds. The van der Waals surface area contributed by atoms with Crippen molar-refractivity contribution >= 4 is 23.0 Å². The first-order valence-corrected chi connectivity index (χ1v) is 8.32. The van der Waals surface area contributed by atoms with E-state index in [0.29, 0.717) is 16.0 Å². The van der Waals surface area contributed by atoms with Crippen molar-refractivity contribution in [3.05, 3.63) is 57.8 Å². The summed E-state index contributed by atoms with van der Waals surface area (Å²) in [4.78, 5) is 25.5. The van der Waals surface area contributed by atoms with Crippen LogP contribution in [0.4, 0.5) is 0 Å². The third-order valence-corrected chi connectivity index (χ3v) is 4.49. The number of carbonyl (C=O) groups excluding carboxylic acids is 2. The molecule has 4 nitrogen and oxygen atoms in total. The number of benzene rings is 1. The molecule has 0 saturated carbocycles. The van der Waals surface area contributed by atoms with E-state index in [1.54, 1.807) is 36.4 Å². The van der Waals surface area contributed by atoms with Crippen molar-refractivity contribution in [2.45, 2.75) is 26.9 Å². The highest BCUT2D eigenvalue weighted by Crippen LogP contribution is 2.20. The van der Waals surface area contributed by atoms with E-state index in [-0.39, 0.29) is 23.7 Å². The van der Waals surface area contributed by atoms with Gasteiger partial charge < -0.3 is 10.4 Å². The monoisotopic (exact) mass is 331 g/mol. The third kappa shape index (κ3) is 4.27. The van der Waals surface area contributed by atoms with Gasteiger partial charge in [-0.3, -0.25) is 9.59 Å². The van der Waals surface area contributed by atoms with Gasteiger partial charge in [-0.25, -0.2) is 0 Å². The molecule has 2 N–H and O–H groups in total. The Bertz CT molecular complexity index is 687. The van der Waals surface area contributed by atoms with Gasteiger partial charge in [0, 0.05) is 12.1 Å². The first-order chi connectivity index (χ1) is 10.8. The van der Waals surface area contributed by atoms with E-state index in [9.17, 15) is 14.7 Å². The topological polar surface area (TPSA) is 66.4 Å². The lowest BCUT2D eigenvalue weighted by molar-refractivity contribution is 0.0586. The van der Waals surface area contributed by atoms with Gasteiger partial charge in [-0.2, -0.15) is 0 Å². The van der Waals surface area contributed by atoms with Crippen LogP contribution in [0.25, 0.3) is 0 Å². The molecule has 0 radical (unpaired) electrons. The minimum absolute atomic E-state index is 0.143. The summed E-state index contributed by atoms with van der Waals surface area (Å²) in [6.45, 7) is 5.85. The van der Waals surface area contributed by atoms with Gasteiger partial charge >= 0.3 is 0 Å². The Morgan fingerprint density at radius 3 is 2.35 bits per heavy atom. The largest absolute Gasteiger partial charge is 0.391 e. The average Bonchev–Trinajstić information content (AvgIpc) is 3.05. The Morgan fingerprint density at radius 1 is 1.13 bits per heavy atom. The zero-order chi connectivity index (χ0) is 17.0. The number of carbonyl (C=O) groups is 2. The molecule has 5 heteroatoms. The number of hydrogen-bond donors (Lipinski definition) is 2. The maximum absolute atomic E-state index is 12.5. The predicted octanol–water partition coefficient (Wildman–Crippen LogP) is 3.12. The number of thiophene rings is 1. The van der Waals surface area contributed by atoms with Crippen molar-refractivity contribution in [3.8, 4) is 0 Å². The number of ketones is 1. The first-order valence-electron chi connectivity index (χ1n) is 7.44. The van der Waals surface area contributed by atoms with Gasteiger partial charge in [0.05, 0.1) is 16.5 Å². The van der Waals surface area contributed by atoms with Gasteiger partial charge in [-0.05, 0) is 22.9 Å². The Kier molecular flexibility index (Phi) is 5.34. The first kappa shape index (κ1) is 17.4. The minimum Gasteiger partial charge on any atom is -0.391 e. The van der Waals surface area contributed by atoms with Gasteiger partial charge in [0.15, 0.2) is 0 Å². The van der Waals surface area contributed by atoms with E-state index in [1.165, 1.54) is 11.3 Å². The molecule has 0 aliphatic heterocycles. The smallest absolute Gasteiger partial charge is 0.252 e. The fourth-order valence-corrected chi connectivity index (χ4v) is 2.69. The third-order valence-electron chi connectivity index (χ3n) is 3.62. The molecule has 1 atom stereocenters. The van der Waals surface area contributed by atoms with Crippen LogP contribution in [0, 0.1) is 5.41 Å². The quantitative estimate of drug-likeness (QED) is 0.827. The van der Waals surface area contributed by atoms with Crippen LogP contribution in [0.2, 0.25) is 0 Å². The van der Waals surface area contributed by atoms with Gasteiger partial charge in [0.25, 0.3) is 5.91 Å². The summed E-state index contributed by atoms with van der Waals surface area (Å²) >= 11 is 1.35. The zero-order valence-electron chi connectivity index (χ0n) is 13.5. The Hall–Kier alpha value is -1.98. The van der Waals surface area contributed by atoms with E-state index >= 15 is 0 Å². The summed E-state index contributed by atoms with van der Waals surface area (Å²) in [5.41, 5.74) is 0.379. The summed E-state index contributed by atoms with van der Waals surface area (Å²) in [6, 6.07) is 10.3. The predicted molar refractivity (Wildman–Crippen MR) is 92.0 cm³/mol. The van der Waals surface area contributed by atoms with E-state index in [2.05, 4.69) is 5.32 Å². The van der Waals surface area contributed by atoms with Crippen LogP contribution >= 0.6 is 11.3 Å². The van der Waals surface area contributed by atoms with Crippen LogP contribution in [0.15, 0.2) is 41.8 Å². The van der Waals surface area contributed by atoms with Crippen molar-refractivity contribution in [1.82, 2.24) is 5.32 Å². The summed E-state index contributed by atoms with van der Waals surface area (Å²) in [5, 5.41) is 14.6. The Balaban J connectivity index is 2.17. The molecule has 2 aromatic rings. The van der Waals surface area contributed by atoms with Crippen molar-refractivity contribution in [2.75, 3.05) is 6.54 Å². The molecule has 0 fully saturated rings. The number of hydrogen-bond acceptors (Lipinski definition) is 4. The molecular weight excluding hydrogens is 310 g/mol. The SMILES string of the molecule is CC(C)(C)C(O)CNC(=O)c1ccccc1C(=O)c1cccs1. The van der Waals surface area contributed by atoms with E-state index < -0.39 is 6.10 Å². The van der Waals surface area contributed by atoms with E-state index in [0.717, 1.165) is 0 Å². The van der Waals surface area contributed by atoms with Crippen LogP contribution in [0.1, 0.15) is 46.4 Å². The van der Waals surface area contributed by atoms with E-state index in [1.807, 2.05) is 26.2 Å². The van der Waals surface area contributed by atoms with E-state index in [4.69, 9.17) is 0 Å². The van der Waals surface area contributed by atoms with Crippen LogP contribution in [-0.2, 0) is 0 Å². The second-order valence-electron chi connectivity index (χ2n) is 6.44. The number of aliphatic hydroxyl groups is 1. The second-order valence-corrected chi connectivity index (χ2v) is 7.39. The highest BCUT2D eigenvalue weighted by Gasteiger charge is 2.24. The summed E-state index contributed by atoms with van der Waals surface area (Å²) in [7, 11) is 0. The van der Waals surface area contributed by atoms with Crippen molar-refractivity contribution in [3.63, 3.8) is 0 Å². The summed E-state index contributed by atoms with van der Waals surface area (Å²) in [5.74, 6) is -0.518. The highest BCUT2D eigenvalue weighted by molar-refractivity contribution is 7.12.